The van der Waals surface area contributed by atoms with Crippen molar-refractivity contribution in [2.45, 2.75) is 0 Å². The molecular weight excluding hydrogens is 109 g/mol. The fourth-order valence-electron chi connectivity index (χ4n) is 0.275. The van der Waals surface area contributed by atoms with Crippen LogP contribution in [-0.2, 0) is 0 Å². The van der Waals surface area contributed by atoms with E-state index < -0.39 is 7.76 Å². The molecule has 0 aliphatic rings. The summed E-state index contributed by atoms with van der Waals surface area (Å²) in [6.45, 7) is 0. The molecule has 0 saturated heterocycles. The zero-order chi connectivity index (χ0) is 5.11. The van der Waals surface area contributed by atoms with Gasteiger partial charge in [-0.15, -0.1) is 0 Å². The molecule has 0 aliphatic heterocycles. The number of hydrogen-bond acceptors (Lipinski definition) is 2. The van der Waals surface area contributed by atoms with Gasteiger partial charge < -0.3 is 4.89 Å². The first kappa shape index (κ1) is 4.69. The summed E-state index contributed by atoms with van der Waals surface area (Å²) in [4.78, 5) is 13.9. The Labute approximate surface area is 42.6 Å². The lowest BCUT2D eigenvalue weighted by molar-refractivity contribution is -0.150. The molecular formula is C4H3NOP. The first-order valence-electron chi connectivity index (χ1n) is 1.80. The Bertz CT molecular complexity index is 142. The van der Waals surface area contributed by atoms with E-state index in [0.29, 0.717) is 0 Å². The fraction of sp³-hybridized carbons (Fsp3) is 0. The van der Waals surface area contributed by atoms with Crippen molar-refractivity contribution in [3.05, 3.63) is 24.0 Å². The van der Waals surface area contributed by atoms with E-state index in [9.17, 15) is 4.89 Å². The second-order valence-corrected chi connectivity index (χ2v) is 2.32. The Morgan fingerprint density at radius 1 is 1.71 bits per heavy atom. The summed E-state index contributed by atoms with van der Waals surface area (Å²) >= 11 is 0. The molecule has 0 aliphatic carbocycles. The monoisotopic (exact) mass is 112 g/mol. The van der Waals surface area contributed by atoms with E-state index >= 15 is 0 Å². The highest BCUT2D eigenvalue weighted by Crippen LogP contribution is 2.09. The maximum Gasteiger partial charge on any atom is 0.137 e. The normalized spacial score (nSPS) is 8.71. The molecule has 3 heteroatoms. The van der Waals surface area contributed by atoms with Crippen LogP contribution in [0.2, 0.25) is 0 Å². The molecule has 0 aromatic carbocycles. The highest BCUT2D eigenvalue weighted by atomic mass is 31.1. The molecule has 0 saturated carbocycles. The molecule has 1 unspecified atom stereocenters. The van der Waals surface area contributed by atoms with Crippen molar-refractivity contribution >= 4 is 7.76 Å². The topological polar surface area (TPSA) is 36.0 Å². The number of hydrogen-bond donors (Lipinski definition) is 0. The van der Waals surface area contributed by atoms with E-state index in [1.165, 1.54) is 17.8 Å². The lowest BCUT2D eigenvalue weighted by atomic mass is 10.9. The molecule has 7 heavy (non-hydrogen) atoms. The summed E-state index contributed by atoms with van der Waals surface area (Å²) in [6.07, 6.45) is 3.95. The standard InChI is InChI=1S/C4H3NOP/c6-7-3-1-5-2-4-7/h1,3-4H. The fourth-order valence-corrected chi connectivity index (χ4v) is 0.740. The molecule has 0 fully saturated rings. The van der Waals surface area contributed by atoms with E-state index in [-0.39, 0.29) is 0 Å². The van der Waals surface area contributed by atoms with E-state index in [2.05, 4.69) is 11.2 Å². The molecule has 1 atom stereocenters. The van der Waals surface area contributed by atoms with Gasteiger partial charge in [0.2, 0.25) is 0 Å². The summed E-state index contributed by atoms with van der Waals surface area (Å²) in [5.41, 5.74) is 0. The van der Waals surface area contributed by atoms with Crippen LogP contribution < -0.4 is 4.89 Å². The minimum Gasteiger partial charge on any atom is -0.626 e. The minimum absolute atomic E-state index is 1.25. The van der Waals surface area contributed by atoms with E-state index in [1.54, 1.807) is 0 Å². The summed E-state index contributed by atoms with van der Waals surface area (Å²) in [5, 5.41) is 0. The van der Waals surface area contributed by atoms with Crippen molar-refractivity contribution in [1.29, 1.82) is 0 Å². The van der Waals surface area contributed by atoms with Crippen LogP contribution in [-0.4, -0.2) is 4.98 Å². The molecule has 1 radical (unpaired) electrons. The van der Waals surface area contributed by atoms with Gasteiger partial charge in [-0.05, 0) is 0 Å². The second kappa shape index (κ2) is 2.01. The van der Waals surface area contributed by atoms with Crippen molar-refractivity contribution in [2.75, 3.05) is 0 Å². The predicted octanol–water partition coefficient (Wildman–Crippen LogP) is 0.273. The minimum atomic E-state index is -1.25. The van der Waals surface area contributed by atoms with Crippen LogP contribution in [0.5, 0.6) is 0 Å². The summed E-state index contributed by atoms with van der Waals surface area (Å²) in [5.74, 6) is 2.97. The zero-order valence-electron chi connectivity index (χ0n) is 3.53. The Hall–Kier alpha value is -0.460. The average Bonchev–Trinajstić information content (AvgIpc) is 1.69. The van der Waals surface area contributed by atoms with Crippen molar-refractivity contribution in [3.8, 4) is 0 Å². The molecule has 1 heterocycles. The van der Waals surface area contributed by atoms with Gasteiger partial charge >= 0.3 is 0 Å². The third-order valence-electron chi connectivity index (χ3n) is 0.548. The summed E-state index contributed by atoms with van der Waals surface area (Å²) in [6, 6.07) is 0. The Balaban J connectivity index is 3.02. The van der Waals surface area contributed by atoms with Gasteiger partial charge in [0.1, 0.15) is 17.8 Å². The maximum absolute atomic E-state index is 10.3. The largest absolute Gasteiger partial charge is 0.626 e. The smallest absolute Gasteiger partial charge is 0.137 e. The highest BCUT2D eigenvalue weighted by molar-refractivity contribution is 7.40. The number of rotatable bonds is 0. The van der Waals surface area contributed by atoms with Gasteiger partial charge in [-0.25, -0.2) is 4.98 Å². The summed E-state index contributed by atoms with van der Waals surface area (Å²) < 4.78 is 0. The Morgan fingerprint density at radius 3 is 2.86 bits per heavy atom. The van der Waals surface area contributed by atoms with Crippen LogP contribution >= 0.6 is 7.76 Å². The van der Waals surface area contributed by atoms with Crippen LogP contribution in [0.4, 0.5) is 0 Å². The lowest BCUT2D eigenvalue weighted by Gasteiger charge is -1.80. The molecule has 1 aromatic heterocycles. The summed E-state index contributed by atoms with van der Waals surface area (Å²) in [7, 11) is -1.25. The predicted molar refractivity (Wildman–Crippen MR) is 25.6 cm³/mol. The van der Waals surface area contributed by atoms with Crippen molar-refractivity contribution in [2.24, 2.45) is 0 Å². The van der Waals surface area contributed by atoms with Crippen LogP contribution in [0.3, 0.4) is 0 Å². The van der Waals surface area contributed by atoms with Crippen molar-refractivity contribution in [3.63, 3.8) is 0 Å². The van der Waals surface area contributed by atoms with Crippen molar-refractivity contribution < 1.29 is 4.89 Å². The van der Waals surface area contributed by atoms with E-state index in [4.69, 9.17) is 0 Å². The van der Waals surface area contributed by atoms with E-state index in [1.807, 2.05) is 0 Å². The van der Waals surface area contributed by atoms with Gasteiger partial charge in [0.25, 0.3) is 0 Å². The Kier molecular flexibility index (Phi) is 1.35. The van der Waals surface area contributed by atoms with Crippen LogP contribution in [0.1, 0.15) is 0 Å². The SMILES string of the molecule is [O-][p+]1c[c]ncc1. The van der Waals surface area contributed by atoms with Crippen LogP contribution in [0.25, 0.3) is 0 Å². The quantitative estimate of drug-likeness (QED) is 0.483. The maximum atomic E-state index is 10.3. The highest BCUT2D eigenvalue weighted by Gasteiger charge is 1.80. The first-order chi connectivity index (χ1) is 3.39. The number of nitrogens with zero attached hydrogens (tertiary/aromatic N) is 1. The molecule has 2 nitrogen and oxygen atoms in total. The van der Waals surface area contributed by atoms with Gasteiger partial charge in [-0.3, -0.25) is 0 Å². The lowest BCUT2D eigenvalue weighted by Crippen LogP contribution is -1.80. The van der Waals surface area contributed by atoms with Gasteiger partial charge in [-0.2, -0.15) is 0 Å². The van der Waals surface area contributed by atoms with E-state index in [0.717, 1.165) is 0 Å². The molecule has 0 amide bonds. The first-order valence-corrected chi connectivity index (χ1v) is 3.20. The second-order valence-electron chi connectivity index (χ2n) is 1.05. The van der Waals surface area contributed by atoms with Crippen LogP contribution in [0.15, 0.2) is 17.8 Å². The average molecular weight is 112 g/mol. The molecule has 0 N–H and O–H groups in total. The third-order valence-corrected chi connectivity index (χ3v) is 1.34. The number of aromatic nitrogens is 1. The van der Waals surface area contributed by atoms with Crippen LogP contribution in [0, 0.1) is 6.20 Å². The Morgan fingerprint density at radius 2 is 2.57 bits per heavy atom. The molecule has 0 bridgehead atoms. The molecule has 0 spiro atoms. The van der Waals surface area contributed by atoms with Crippen molar-refractivity contribution in [1.82, 2.24) is 4.98 Å². The molecule has 1 rings (SSSR count). The van der Waals surface area contributed by atoms with Gasteiger partial charge in [-0.1, -0.05) is 0 Å². The molecule has 35 valence electrons. The van der Waals surface area contributed by atoms with Gasteiger partial charge in [0.15, 0.2) is 0 Å². The molecule has 1 aromatic rings. The zero-order valence-corrected chi connectivity index (χ0v) is 4.43. The van der Waals surface area contributed by atoms with Gasteiger partial charge in [0.05, 0.1) is 14.0 Å². The third kappa shape index (κ3) is 1.22. The van der Waals surface area contributed by atoms with Gasteiger partial charge in [0, 0.05) is 0 Å².